The number of hydrogen-bond donors (Lipinski definition) is 3. The molecule has 2 fully saturated rings. The number of hydrogen-bond acceptors (Lipinski definition) is 6. The number of rotatable bonds is 9. The van der Waals surface area contributed by atoms with Crippen molar-refractivity contribution in [3.8, 4) is 0 Å². The summed E-state index contributed by atoms with van der Waals surface area (Å²) in [4.78, 5) is 47.1. The van der Waals surface area contributed by atoms with Gasteiger partial charge in [-0.1, -0.05) is 66.7 Å². The average molecular weight is 639 g/mol. The SMILES string of the molecule is CC(C)(OC(N)=O)C(c1ccccc1C(=O)NC1CCN(Cc2ccccc2)CC1)N1C(=O)N(C2CCNCC2)Cc2ccccc21. The van der Waals surface area contributed by atoms with Crippen LogP contribution in [0.3, 0.4) is 0 Å². The molecular formula is C37H46N6O4. The van der Waals surface area contributed by atoms with Gasteiger partial charge in [-0.3, -0.25) is 14.6 Å². The fourth-order valence-corrected chi connectivity index (χ4v) is 7.45. The lowest BCUT2D eigenvalue weighted by Crippen LogP contribution is -2.58. The number of nitrogens with one attached hydrogen (secondary N) is 2. The molecule has 3 aliphatic rings. The zero-order chi connectivity index (χ0) is 33.0. The Hall–Kier alpha value is -4.41. The number of fused-ring (bicyclic) bond motifs is 1. The van der Waals surface area contributed by atoms with E-state index < -0.39 is 17.7 Å². The summed E-state index contributed by atoms with van der Waals surface area (Å²) in [5, 5.41) is 6.67. The maximum Gasteiger partial charge on any atom is 0.405 e. The molecule has 10 heteroatoms. The zero-order valence-corrected chi connectivity index (χ0v) is 27.4. The van der Waals surface area contributed by atoms with Crippen molar-refractivity contribution in [2.75, 3.05) is 31.1 Å². The van der Waals surface area contributed by atoms with E-state index in [-0.39, 0.29) is 24.0 Å². The lowest BCUT2D eigenvalue weighted by molar-refractivity contribution is 0.0217. The normalized spacial score (nSPS) is 18.8. The molecule has 47 heavy (non-hydrogen) atoms. The highest BCUT2D eigenvalue weighted by molar-refractivity contribution is 5.99. The summed E-state index contributed by atoms with van der Waals surface area (Å²) in [7, 11) is 0. The second-order valence-electron chi connectivity index (χ2n) is 13.4. The minimum Gasteiger partial charge on any atom is -0.441 e. The number of nitrogens with two attached hydrogens (primary N) is 1. The van der Waals surface area contributed by atoms with Crippen LogP contribution in [0.15, 0.2) is 78.9 Å². The van der Waals surface area contributed by atoms with Gasteiger partial charge in [-0.2, -0.15) is 0 Å². The van der Waals surface area contributed by atoms with Crippen LogP contribution in [0, 0.1) is 0 Å². The molecule has 0 bridgehead atoms. The molecule has 6 rings (SSSR count). The lowest BCUT2D eigenvalue weighted by Gasteiger charge is -2.48. The zero-order valence-electron chi connectivity index (χ0n) is 27.4. The Kier molecular flexibility index (Phi) is 9.79. The first-order valence-corrected chi connectivity index (χ1v) is 16.7. The molecule has 3 aromatic carbocycles. The number of carbonyl (C=O) groups excluding carboxylic acids is 3. The molecule has 4 N–H and O–H groups in total. The van der Waals surface area contributed by atoms with Gasteiger partial charge in [0.25, 0.3) is 5.91 Å². The van der Waals surface area contributed by atoms with Crippen LogP contribution in [-0.2, 0) is 17.8 Å². The number of anilines is 1. The predicted octanol–water partition coefficient (Wildman–Crippen LogP) is 5.19. The summed E-state index contributed by atoms with van der Waals surface area (Å²) in [6, 6.07) is 24.6. The second-order valence-corrected chi connectivity index (χ2v) is 13.4. The van der Waals surface area contributed by atoms with Crippen LogP contribution in [-0.4, -0.2) is 71.7 Å². The molecule has 0 aliphatic carbocycles. The Morgan fingerprint density at radius 2 is 1.60 bits per heavy atom. The average Bonchev–Trinajstić information content (AvgIpc) is 3.07. The third-order valence-electron chi connectivity index (χ3n) is 9.75. The van der Waals surface area contributed by atoms with Crippen LogP contribution in [0.4, 0.5) is 15.3 Å². The topological polar surface area (TPSA) is 120 Å². The number of amides is 4. The molecule has 4 amide bonds. The number of urea groups is 1. The fraction of sp³-hybridized carbons (Fsp3) is 0.432. The first kappa shape index (κ1) is 32.5. The van der Waals surface area contributed by atoms with E-state index >= 15 is 0 Å². The van der Waals surface area contributed by atoms with Crippen LogP contribution in [0.1, 0.15) is 72.6 Å². The van der Waals surface area contributed by atoms with Gasteiger partial charge in [0.2, 0.25) is 0 Å². The maximum atomic E-state index is 14.6. The van der Waals surface area contributed by atoms with Crippen molar-refractivity contribution in [2.45, 2.75) is 76.3 Å². The number of likely N-dealkylation sites (tertiary alicyclic amines) is 1. The highest BCUT2D eigenvalue weighted by atomic mass is 16.6. The number of ether oxygens (including phenoxy) is 1. The first-order valence-electron chi connectivity index (χ1n) is 16.7. The minimum atomic E-state index is -1.29. The van der Waals surface area contributed by atoms with Crippen LogP contribution in [0.5, 0.6) is 0 Å². The van der Waals surface area contributed by atoms with Gasteiger partial charge in [0.05, 0.1) is 5.69 Å². The van der Waals surface area contributed by atoms with Gasteiger partial charge in [-0.05, 0) is 81.4 Å². The maximum absolute atomic E-state index is 14.6. The fourth-order valence-electron chi connectivity index (χ4n) is 7.45. The van der Waals surface area contributed by atoms with E-state index in [9.17, 15) is 14.4 Å². The standard InChI is InChI=1S/C37H46N6O4/c1-37(2,47-35(38)45)33(43-32-15-9-6-12-27(32)25-42(36(43)46)29-16-20-39-21-17-29)30-13-7-8-14-31(30)34(44)40-28-18-22-41(23-19-28)24-26-10-4-3-5-11-26/h3-15,28-29,33,39H,16-25H2,1-2H3,(H2,38,45)(H,40,44). The summed E-state index contributed by atoms with van der Waals surface area (Å²) in [5.41, 5.74) is 8.36. The van der Waals surface area contributed by atoms with Crippen molar-refractivity contribution in [3.63, 3.8) is 0 Å². The van der Waals surface area contributed by atoms with Crippen LogP contribution in [0.25, 0.3) is 0 Å². The number of para-hydroxylation sites is 1. The molecule has 0 spiro atoms. The molecule has 3 heterocycles. The Bertz CT molecular complexity index is 1570. The van der Waals surface area contributed by atoms with Crippen molar-refractivity contribution in [2.24, 2.45) is 5.73 Å². The Labute approximate surface area is 277 Å². The summed E-state index contributed by atoms with van der Waals surface area (Å²) < 4.78 is 5.78. The molecule has 3 aromatic rings. The van der Waals surface area contributed by atoms with Gasteiger partial charge in [-0.15, -0.1) is 0 Å². The monoisotopic (exact) mass is 638 g/mol. The van der Waals surface area contributed by atoms with Crippen LogP contribution < -0.4 is 21.3 Å². The van der Waals surface area contributed by atoms with Crippen molar-refractivity contribution < 1.29 is 19.1 Å². The Balaban J connectivity index is 1.30. The number of primary amides is 1. The van der Waals surface area contributed by atoms with E-state index in [1.165, 1.54) is 5.56 Å². The van der Waals surface area contributed by atoms with Gasteiger partial charge in [0, 0.05) is 43.8 Å². The largest absolute Gasteiger partial charge is 0.441 e. The second kappa shape index (κ2) is 14.1. The van der Waals surface area contributed by atoms with E-state index in [2.05, 4.69) is 39.8 Å². The van der Waals surface area contributed by atoms with Crippen LogP contribution in [0.2, 0.25) is 0 Å². The minimum absolute atomic E-state index is 0.0173. The summed E-state index contributed by atoms with van der Waals surface area (Å²) in [6.45, 7) is 8.32. The number of nitrogens with zero attached hydrogens (tertiary/aromatic N) is 3. The number of carbonyl (C=O) groups is 3. The molecule has 3 aliphatic heterocycles. The van der Waals surface area contributed by atoms with Crippen molar-refractivity contribution in [3.05, 3.63) is 101 Å². The molecule has 10 nitrogen and oxygen atoms in total. The highest BCUT2D eigenvalue weighted by Crippen LogP contribution is 2.44. The number of benzene rings is 3. The lowest BCUT2D eigenvalue weighted by atomic mass is 9.85. The van der Waals surface area contributed by atoms with E-state index in [0.29, 0.717) is 17.7 Å². The van der Waals surface area contributed by atoms with E-state index in [1.54, 1.807) is 24.8 Å². The molecular weight excluding hydrogens is 592 g/mol. The molecule has 1 atom stereocenters. The molecule has 2 saturated heterocycles. The van der Waals surface area contributed by atoms with E-state index in [4.69, 9.17) is 10.5 Å². The van der Waals surface area contributed by atoms with Crippen molar-refractivity contribution in [1.82, 2.24) is 20.4 Å². The molecule has 0 saturated carbocycles. The van der Waals surface area contributed by atoms with Crippen molar-refractivity contribution >= 4 is 23.7 Å². The third-order valence-corrected chi connectivity index (χ3v) is 9.75. The highest BCUT2D eigenvalue weighted by Gasteiger charge is 2.47. The van der Waals surface area contributed by atoms with Crippen LogP contribution >= 0.6 is 0 Å². The Morgan fingerprint density at radius 3 is 2.32 bits per heavy atom. The summed E-state index contributed by atoms with van der Waals surface area (Å²) >= 11 is 0. The molecule has 248 valence electrons. The van der Waals surface area contributed by atoms with E-state index in [0.717, 1.165) is 69.7 Å². The third kappa shape index (κ3) is 7.29. The summed E-state index contributed by atoms with van der Waals surface area (Å²) in [6.07, 6.45) is 2.41. The molecule has 0 aromatic heterocycles. The first-order chi connectivity index (χ1) is 22.7. The molecule has 1 unspecified atom stereocenters. The quantitative estimate of drug-likeness (QED) is 0.297. The number of piperidine rings is 2. The van der Waals surface area contributed by atoms with Gasteiger partial charge in [-0.25, -0.2) is 9.59 Å². The van der Waals surface area contributed by atoms with Gasteiger partial charge < -0.3 is 26.0 Å². The van der Waals surface area contributed by atoms with Gasteiger partial charge in [0.15, 0.2) is 0 Å². The van der Waals surface area contributed by atoms with Gasteiger partial charge >= 0.3 is 12.1 Å². The molecule has 0 radical (unpaired) electrons. The summed E-state index contributed by atoms with van der Waals surface area (Å²) in [5.74, 6) is -0.213. The van der Waals surface area contributed by atoms with E-state index in [1.807, 2.05) is 53.4 Å². The van der Waals surface area contributed by atoms with Gasteiger partial charge in [0.1, 0.15) is 11.6 Å². The Morgan fingerprint density at radius 1 is 0.936 bits per heavy atom. The predicted molar refractivity (Wildman–Crippen MR) is 182 cm³/mol. The smallest absolute Gasteiger partial charge is 0.405 e. The van der Waals surface area contributed by atoms with Crippen molar-refractivity contribution in [1.29, 1.82) is 0 Å².